The van der Waals surface area contributed by atoms with Crippen LogP contribution >= 0.6 is 0 Å². The van der Waals surface area contributed by atoms with Gasteiger partial charge in [0.05, 0.1) is 12.2 Å². The van der Waals surface area contributed by atoms with Gasteiger partial charge in [-0.3, -0.25) is 0 Å². The summed E-state index contributed by atoms with van der Waals surface area (Å²) >= 11 is 0. The molecule has 30 heavy (non-hydrogen) atoms. The fourth-order valence-electron chi connectivity index (χ4n) is 4.09. The van der Waals surface area contributed by atoms with Crippen molar-refractivity contribution in [2.75, 3.05) is 19.8 Å². The number of hydrogen-bond acceptors (Lipinski definition) is 4. The van der Waals surface area contributed by atoms with E-state index in [1.165, 1.54) is 5.56 Å². The Morgan fingerprint density at radius 3 is 2.53 bits per heavy atom. The number of rotatable bonds is 10. The zero-order valence-electron chi connectivity index (χ0n) is 17.9. The lowest BCUT2D eigenvalue weighted by molar-refractivity contribution is -0.142. The molecular weight excluding hydrogens is 380 g/mol. The lowest BCUT2D eigenvalue weighted by Gasteiger charge is -2.45. The summed E-state index contributed by atoms with van der Waals surface area (Å²) in [5.41, 5.74) is 1.05. The van der Waals surface area contributed by atoms with Crippen molar-refractivity contribution in [1.82, 2.24) is 0 Å². The van der Waals surface area contributed by atoms with Gasteiger partial charge in [-0.2, -0.15) is 0 Å². The fraction of sp³-hybridized carbons (Fsp3) is 0.480. The first-order chi connectivity index (χ1) is 14.4. The molecule has 2 unspecified atom stereocenters. The van der Waals surface area contributed by atoms with Crippen molar-refractivity contribution < 1.29 is 24.1 Å². The van der Waals surface area contributed by atoms with Crippen molar-refractivity contribution in [3.8, 4) is 11.5 Å². The summed E-state index contributed by atoms with van der Waals surface area (Å²) < 4.78 is 17.6. The van der Waals surface area contributed by atoms with Crippen LogP contribution in [-0.4, -0.2) is 36.5 Å². The van der Waals surface area contributed by atoms with Crippen LogP contribution in [0.2, 0.25) is 0 Å². The summed E-state index contributed by atoms with van der Waals surface area (Å²) in [5.74, 6) is 0.745. The van der Waals surface area contributed by atoms with E-state index in [4.69, 9.17) is 19.3 Å². The predicted molar refractivity (Wildman–Crippen MR) is 116 cm³/mol. The molecule has 0 spiro atoms. The van der Waals surface area contributed by atoms with E-state index in [9.17, 15) is 4.79 Å². The summed E-state index contributed by atoms with van der Waals surface area (Å²) in [7, 11) is 0. The first-order valence-corrected chi connectivity index (χ1v) is 10.7. The summed E-state index contributed by atoms with van der Waals surface area (Å²) in [5, 5.41) is 8.65. The standard InChI is InChI=1S/C25H32O5/c1-3-25(15-14-24(2,29-19-25)13-8-16-28-18-23(26)27)20-9-7-12-22(17-20)30-21-10-5-4-6-11-21/h4-7,9-12,17H,3,8,13-16,18-19H2,1-2H3,(H,26,27). The second kappa shape index (κ2) is 10.1. The number of ether oxygens (including phenoxy) is 3. The molecule has 5 nitrogen and oxygen atoms in total. The van der Waals surface area contributed by atoms with Gasteiger partial charge in [-0.1, -0.05) is 37.3 Å². The maximum atomic E-state index is 10.5. The molecule has 0 aromatic heterocycles. The molecular formula is C25H32O5. The number of aliphatic carboxylic acids is 1. The Labute approximate surface area is 179 Å². The van der Waals surface area contributed by atoms with Gasteiger partial charge < -0.3 is 19.3 Å². The maximum Gasteiger partial charge on any atom is 0.329 e. The zero-order valence-corrected chi connectivity index (χ0v) is 17.9. The minimum Gasteiger partial charge on any atom is -0.480 e. The zero-order chi connectivity index (χ0) is 21.5. The molecule has 162 valence electrons. The van der Waals surface area contributed by atoms with Gasteiger partial charge in [0.25, 0.3) is 0 Å². The van der Waals surface area contributed by atoms with E-state index in [1.807, 2.05) is 36.4 Å². The van der Waals surface area contributed by atoms with Crippen LogP contribution in [0.3, 0.4) is 0 Å². The Bertz CT molecular complexity index is 809. The van der Waals surface area contributed by atoms with E-state index in [0.717, 1.165) is 43.6 Å². The predicted octanol–water partition coefficient (Wildman–Crippen LogP) is 5.58. The Hall–Kier alpha value is -2.37. The third-order valence-corrected chi connectivity index (χ3v) is 6.15. The molecule has 1 N–H and O–H groups in total. The van der Waals surface area contributed by atoms with Crippen LogP contribution in [0.15, 0.2) is 54.6 Å². The number of hydrogen-bond donors (Lipinski definition) is 1. The average molecular weight is 413 g/mol. The molecule has 2 aromatic carbocycles. The summed E-state index contributed by atoms with van der Waals surface area (Å²) in [6.45, 7) is 5.25. The van der Waals surface area contributed by atoms with Gasteiger partial charge in [0.1, 0.15) is 18.1 Å². The molecule has 1 heterocycles. The van der Waals surface area contributed by atoms with Crippen molar-refractivity contribution in [3.05, 3.63) is 60.2 Å². The number of benzene rings is 2. The summed E-state index contributed by atoms with van der Waals surface area (Å²) in [4.78, 5) is 10.5. The molecule has 0 amide bonds. The van der Waals surface area contributed by atoms with Crippen LogP contribution in [-0.2, 0) is 19.7 Å². The molecule has 2 aromatic rings. The van der Waals surface area contributed by atoms with Gasteiger partial charge in [-0.05, 0) is 68.9 Å². The van der Waals surface area contributed by atoms with Crippen molar-refractivity contribution in [1.29, 1.82) is 0 Å². The van der Waals surface area contributed by atoms with Crippen molar-refractivity contribution >= 4 is 5.97 Å². The smallest absolute Gasteiger partial charge is 0.329 e. The Kier molecular flexibility index (Phi) is 7.51. The Balaban J connectivity index is 1.60. The largest absolute Gasteiger partial charge is 0.480 e. The highest BCUT2D eigenvalue weighted by Gasteiger charge is 2.41. The minimum absolute atomic E-state index is 0.0185. The van der Waals surface area contributed by atoms with Crippen molar-refractivity contribution in [2.24, 2.45) is 0 Å². The van der Waals surface area contributed by atoms with Gasteiger partial charge >= 0.3 is 5.97 Å². The van der Waals surface area contributed by atoms with E-state index in [0.29, 0.717) is 13.2 Å². The maximum absolute atomic E-state index is 10.5. The first-order valence-electron chi connectivity index (χ1n) is 10.7. The molecule has 0 radical (unpaired) electrons. The van der Waals surface area contributed by atoms with Crippen LogP contribution in [0.4, 0.5) is 0 Å². The van der Waals surface area contributed by atoms with Crippen molar-refractivity contribution in [3.63, 3.8) is 0 Å². The second-order valence-corrected chi connectivity index (χ2v) is 8.37. The Morgan fingerprint density at radius 1 is 1.10 bits per heavy atom. The quantitative estimate of drug-likeness (QED) is 0.516. The summed E-state index contributed by atoms with van der Waals surface area (Å²) in [6.07, 6.45) is 4.67. The monoisotopic (exact) mass is 412 g/mol. The van der Waals surface area contributed by atoms with Crippen LogP contribution in [0.1, 0.15) is 51.5 Å². The normalized spacial score (nSPS) is 23.8. The van der Waals surface area contributed by atoms with Crippen LogP contribution < -0.4 is 4.74 Å². The highest BCUT2D eigenvalue weighted by atomic mass is 16.5. The average Bonchev–Trinajstić information content (AvgIpc) is 2.75. The van der Waals surface area contributed by atoms with Crippen LogP contribution in [0.25, 0.3) is 0 Å². The van der Waals surface area contributed by atoms with Crippen LogP contribution in [0.5, 0.6) is 11.5 Å². The van der Waals surface area contributed by atoms with E-state index in [-0.39, 0.29) is 17.6 Å². The third-order valence-electron chi connectivity index (χ3n) is 6.15. The molecule has 1 aliphatic rings. The van der Waals surface area contributed by atoms with Gasteiger partial charge in [-0.25, -0.2) is 4.79 Å². The van der Waals surface area contributed by atoms with Gasteiger partial charge in [0.15, 0.2) is 0 Å². The highest BCUT2D eigenvalue weighted by Crippen LogP contribution is 2.43. The van der Waals surface area contributed by atoms with Gasteiger partial charge in [0, 0.05) is 12.0 Å². The molecule has 1 fully saturated rings. The molecule has 2 atom stereocenters. The molecule has 1 saturated heterocycles. The molecule has 0 bridgehead atoms. The number of carboxylic acid groups (broad SMARTS) is 1. The first kappa shape index (κ1) is 22.3. The second-order valence-electron chi connectivity index (χ2n) is 8.37. The molecule has 0 saturated carbocycles. The van der Waals surface area contributed by atoms with Crippen molar-refractivity contribution in [2.45, 2.75) is 57.0 Å². The van der Waals surface area contributed by atoms with Crippen LogP contribution in [0, 0.1) is 0 Å². The lowest BCUT2D eigenvalue weighted by Crippen LogP contribution is -2.45. The van der Waals surface area contributed by atoms with E-state index in [2.05, 4.69) is 32.0 Å². The minimum atomic E-state index is -0.929. The highest BCUT2D eigenvalue weighted by molar-refractivity contribution is 5.67. The number of carboxylic acids is 1. The molecule has 5 heteroatoms. The number of carbonyl (C=O) groups is 1. The van der Waals surface area contributed by atoms with E-state index >= 15 is 0 Å². The van der Waals surface area contributed by atoms with Gasteiger partial charge in [-0.15, -0.1) is 0 Å². The van der Waals surface area contributed by atoms with Gasteiger partial charge in [0.2, 0.25) is 0 Å². The topological polar surface area (TPSA) is 65.0 Å². The molecule has 0 aliphatic carbocycles. The molecule has 3 rings (SSSR count). The fourth-order valence-corrected chi connectivity index (χ4v) is 4.09. The number of para-hydroxylation sites is 1. The summed E-state index contributed by atoms with van der Waals surface area (Å²) in [6, 6.07) is 18.2. The Morgan fingerprint density at radius 2 is 1.87 bits per heavy atom. The lowest BCUT2D eigenvalue weighted by atomic mass is 9.70. The van der Waals surface area contributed by atoms with E-state index in [1.54, 1.807) is 0 Å². The SMILES string of the molecule is CCC1(c2cccc(Oc3ccccc3)c2)CCC(C)(CCCOCC(=O)O)OC1. The van der Waals surface area contributed by atoms with E-state index < -0.39 is 5.97 Å². The third kappa shape index (κ3) is 5.83. The molecule has 1 aliphatic heterocycles.